The number of ether oxygens (including phenoxy) is 1. The number of hydrogen-bond acceptors (Lipinski definition) is 3. The molecule has 0 aromatic carbocycles. The third-order valence-electron chi connectivity index (χ3n) is 1.99. The third kappa shape index (κ3) is 2.01. The Balaban J connectivity index is 2.56. The number of rotatable bonds is 2. The van der Waals surface area contributed by atoms with Gasteiger partial charge in [0.25, 0.3) is 0 Å². The van der Waals surface area contributed by atoms with E-state index < -0.39 is 5.97 Å². The molecule has 2 heterocycles. The Morgan fingerprint density at radius 3 is 3.06 bits per heavy atom. The summed E-state index contributed by atoms with van der Waals surface area (Å²) in [6.45, 7) is 2.05. The molecule has 0 aliphatic heterocycles. The molecule has 0 atom stereocenters. The fraction of sp³-hybridized carbons (Fsp3) is 0.200. The van der Waals surface area contributed by atoms with Crippen molar-refractivity contribution in [2.75, 3.05) is 6.61 Å². The SMILES string of the molecule is CCOC(=O)c1nc2ccc(I)cn2c1Cl. The molecule has 2 aromatic heterocycles. The molecule has 2 rings (SSSR count). The first-order chi connectivity index (χ1) is 7.63. The van der Waals surface area contributed by atoms with Crippen molar-refractivity contribution in [3.8, 4) is 0 Å². The van der Waals surface area contributed by atoms with Gasteiger partial charge in [-0.1, -0.05) is 11.6 Å². The van der Waals surface area contributed by atoms with Crippen molar-refractivity contribution in [2.24, 2.45) is 0 Å². The molecule has 0 amide bonds. The van der Waals surface area contributed by atoms with Gasteiger partial charge in [0.2, 0.25) is 0 Å². The monoisotopic (exact) mass is 350 g/mol. The van der Waals surface area contributed by atoms with Crippen molar-refractivity contribution in [1.29, 1.82) is 0 Å². The maximum atomic E-state index is 11.5. The molecule has 0 fully saturated rings. The molecule has 0 saturated carbocycles. The molecule has 2 aromatic rings. The minimum absolute atomic E-state index is 0.158. The van der Waals surface area contributed by atoms with Crippen LogP contribution in [0.2, 0.25) is 5.15 Å². The molecule has 84 valence electrons. The second-order valence-corrected chi connectivity index (χ2v) is 4.65. The van der Waals surface area contributed by atoms with Crippen molar-refractivity contribution < 1.29 is 9.53 Å². The minimum Gasteiger partial charge on any atom is -0.461 e. The average Bonchev–Trinajstić information content (AvgIpc) is 2.57. The number of carbonyl (C=O) groups is 1. The maximum Gasteiger partial charge on any atom is 0.360 e. The summed E-state index contributed by atoms with van der Waals surface area (Å²) in [6.07, 6.45) is 1.81. The van der Waals surface area contributed by atoms with E-state index in [1.54, 1.807) is 17.4 Å². The summed E-state index contributed by atoms with van der Waals surface area (Å²) in [5, 5.41) is 0.284. The predicted molar refractivity (Wildman–Crippen MR) is 68.9 cm³/mol. The van der Waals surface area contributed by atoms with Gasteiger partial charge in [-0.05, 0) is 41.6 Å². The van der Waals surface area contributed by atoms with E-state index >= 15 is 0 Å². The van der Waals surface area contributed by atoms with Gasteiger partial charge in [-0.15, -0.1) is 0 Å². The van der Waals surface area contributed by atoms with Gasteiger partial charge in [0.15, 0.2) is 5.69 Å². The molecule has 0 bridgehead atoms. The highest BCUT2D eigenvalue weighted by atomic mass is 127. The summed E-state index contributed by atoms with van der Waals surface area (Å²) in [7, 11) is 0. The van der Waals surface area contributed by atoms with E-state index in [4.69, 9.17) is 16.3 Å². The highest BCUT2D eigenvalue weighted by Gasteiger charge is 2.18. The van der Waals surface area contributed by atoms with E-state index in [9.17, 15) is 4.79 Å². The van der Waals surface area contributed by atoms with Crippen molar-refractivity contribution in [1.82, 2.24) is 9.38 Å². The molecule has 0 unspecified atom stereocenters. The Hall–Kier alpha value is -0.820. The summed E-state index contributed by atoms with van der Waals surface area (Å²) in [6, 6.07) is 3.70. The predicted octanol–water partition coefficient (Wildman–Crippen LogP) is 2.77. The fourth-order valence-corrected chi connectivity index (χ4v) is 2.03. The van der Waals surface area contributed by atoms with Crippen LogP contribution in [0.3, 0.4) is 0 Å². The summed E-state index contributed by atoms with van der Waals surface area (Å²) < 4.78 is 7.54. The number of imidazole rings is 1. The molecule has 0 aliphatic rings. The second-order valence-electron chi connectivity index (χ2n) is 3.05. The Morgan fingerprint density at radius 2 is 2.38 bits per heavy atom. The first-order valence-electron chi connectivity index (χ1n) is 4.63. The number of aromatic nitrogens is 2. The van der Waals surface area contributed by atoms with Crippen molar-refractivity contribution in [3.05, 3.63) is 32.7 Å². The lowest BCUT2D eigenvalue weighted by molar-refractivity contribution is 0.0520. The smallest absolute Gasteiger partial charge is 0.360 e. The minimum atomic E-state index is -0.494. The van der Waals surface area contributed by atoms with Gasteiger partial charge in [0.1, 0.15) is 10.8 Å². The topological polar surface area (TPSA) is 43.6 Å². The zero-order valence-electron chi connectivity index (χ0n) is 8.41. The van der Waals surface area contributed by atoms with Crippen LogP contribution in [0.1, 0.15) is 17.4 Å². The summed E-state index contributed by atoms with van der Waals surface area (Å²) in [4.78, 5) is 15.7. The van der Waals surface area contributed by atoms with Crippen LogP contribution in [0.15, 0.2) is 18.3 Å². The lowest BCUT2D eigenvalue weighted by Crippen LogP contribution is -2.05. The van der Waals surface area contributed by atoms with E-state index in [1.165, 1.54) is 0 Å². The highest BCUT2D eigenvalue weighted by Crippen LogP contribution is 2.20. The molecule has 16 heavy (non-hydrogen) atoms. The molecular weight excluding hydrogens is 342 g/mol. The van der Waals surface area contributed by atoms with Crippen LogP contribution in [0.25, 0.3) is 5.65 Å². The van der Waals surface area contributed by atoms with Gasteiger partial charge in [-0.2, -0.15) is 0 Å². The van der Waals surface area contributed by atoms with E-state index in [1.807, 2.05) is 12.3 Å². The summed E-state index contributed by atoms with van der Waals surface area (Å²) in [5.74, 6) is -0.494. The summed E-state index contributed by atoms with van der Waals surface area (Å²) >= 11 is 8.22. The van der Waals surface area contributed by atoms with Gasteiger partial charge in [0.05, 0.1) is 6.61 Å². The van der Waals surface area contributed by atoms with Crippen LogP contribution in [-0.2, 0) is 4.74 Å². The van der Waals surface area contributed by atoms with Crippen LogP contribution in [0, 0.1) is 3.57 Å². The van der Waals surface area contributed by atoms with Crippen LogP contribution < -0.4 is 0 Å². The van der Waals surface area contributed by atoms with Gasteiger partial charge in [0, 0.05) is 9.77 Å². The Bertz CT molecular complexity index is 553. The molecule has 0 aliphatic carbocycles. The van der Waals surface area contributed by atoms with Crippen LogP contribution in [0.4, 0.5) is 0 Å². The molecule has 6 heteroatoms. The second kappa shape index (κ2) is 4.58. The first kappa shape index (κ1) is 11.7. The van der Waals surface area contributed by atoms with E-state index in [-0.39, 0.29) is 10.8 Å². The number of carbonyl (C=O) groups excluding carboxylic acids is 1. The number of halogens is 2. The Kier molecular flexibility index (Phi) is 3.34. The van der Waals surface area contributed by atoms with Crippen molar-refractivity contribution in [2.45, 2.75) is 6.92 Å². The molecule has 0 radical (unpaired) electrons. The van der Waals surface area contributed by atoms with Gasteiger partial charge < -0.3 is 4.74 Å². The van der Waals surface area contributed by atoms with E-state index in [0.717, 1.165) is 3.57 Å². The Morgan fingerprint density at radius 1 is 1.62 bits per heavy atom. The van der Waals surface area contributed by atoms with E-state index in [0.29, 0.717) is 12.3 Å². The van der Waals surface area contributed by atoms with Gasteiger partial charge >= 0.3 is 5.97 Å². The Labute approximate surface area is 111 Å². The average molecular weight is 351 g/mol. The largest absolute Gasteiger partial charge is 0.461 e. The molecular formula is C10H8ClIN2O2. The number of fused-ring (bicyclic) bond motifs is 1. The van der Waals surface area contributed by atoms with Gasteiger partial charge in [-0.3, -0.25) is 4.40 Å². The molecule has 0 N–H and O–H groups in total. The zero-order valence-corrected chi connectivity index (χ0v) is 11.3. The zero-order chi connectivity index (χ0) is 11.7. The number of hydrogen-bond donors (Lipinski definition) is 0. The quantitative estimate of drug-likeness (QED) is 0.618. The third-order valence-corrected chi connectivity index (χ3v) is 2.99. The lowest BCUT2D eigenvalue weighted by Gasteiger charge is -1.98. The van der Waals surface area contributed by atoms with Gasteiger partial charge in [-0.25, -0.2) is 9.78 Å². The normalized spacial score (nSPS) is 10.7. The maximum absolute atomic E-state index is 11.5. The number of esters is 1. The number of nitrogens with zero attached hydrogens (tertiary/aromatic N) is 2. The molecule has 0 spiro atoms. The van der Waals surface area contributed by atoms with Crippen LogP contribution in [0.5, 0.6) is 0 Å². The standard InChI is InChI=1S/C10H8ClIN2O2/c1-2-16-10(15)8-9(11)14-5-6(12)3-4-7(14)13-8/h3-5H,2H2,1H3. The summed E-state index contributed by atoms with van der Waals surface area (Å²) in [5.41, 5.74) is 0.791. The number of pyridine rings is 1. The molecule has 0 saturated heterocycles. The lowest BCUT2D eigenvalue weighted by atomic mass is 10.5. The van der Waals surface area contributed by atoms with Crippen LogP contribution in [-0.4, -0.2) is 22.0 Å². The molecule has 4 nitrogen and oxygen atoms in total. The highest BCUT2D eigenvalue weighted by molar-refractivity contribution is 14.1. The van der Waals surface area contributed by atoms with E-state index in [2.05, 4.69) is 27.6 Å². The first-order valence-corrected chi connectivity index (χ1v) is 6.09. The van der Waals surface area contributed by atoms with Crippen molar-refractivity contribution in [3.63, 3.8) is 0 Å². The van der Waals surface area contributed by atoms with Crippen LogP contribution >= 0.6 is 34.2 Å². The van der Waals surface area contributed by atoms with Crippen molar-refractivity contribution >= 4 is 45.8 Å². The fourth-order valence-electron chi connectivity index (χ4n) is 1.32.